The Morgan fingerprint density at radius 2 is 2.33 bits per heavy atom. The summed E-state index contributed by atoms with van der Waals surface area (Å²) in [5.74, 6) is 0.617. The number of ether oxygens (including phenoxy) is 1. The van der Waals surface area contributed by atoms with Gasteiger partial charge in [-0.15, -0.1) is 0 Å². The fraction of sp³-hybridized carbons (Fsp3) is 1.00. The van der Waals surface area contributed by atoms with Crippen molar-refractivity contribution in [2.24, 2.45) is 5.92 Å². The fourth-order valence-electron chi connectivity index (χ4n) is 2.38. The van der Waals surface area contributed by atoms with Crippen LogP contribution >= 0.6 is 0 Å². The zero-order chi connectivity index (χ0) is 11.1. The van der Waals surface area contributed by atoms with E-state index in [0.717, 1.165) is 25.7 Å². The van der Waals surface area contributed by atoms with Crippen LogP contribution in [-0.2, 0) is 4.74 Å². The second-order valence-electron chi connectivity index (χ2n) is 4.64. The molecule has 15 heavy (non-hydrogen) atoms. The highest BCUT2D eigenvalue weighted by atomic mass is 16.5. The minimum absolute atomic E-state index is 0.617. The summed E-state index contributed by atoms with van der Waals surface area (Å²) < 4.78 is 5.12. The zero-order valence-corrected chi connectivity index (χ0v) is 10.5. The molecule has 1 aliphatic heterocycles. The molecule has 0 spiro atoms. The second kappa shape index (κ2) is 7.20. The predicted molar refractivity (Wildman–Crippen MR) is 64.2 cm³/mol. The minimum atomic E-state index is 0.617. The van der Waals surface area contributed by atoms with E-state index in [1.807, 2.05) is 0 Å². The lowest BCUT2D eigenvalue weighted by molar-refractivity contribution is 0.156. The summed E-state index contributed by atoms with van der Waals surface area (Å²) in [4.78, 5) is 2.58. The number of likely N-dealkylation sites (tertiary alicyclic amines) is 1. The first kappa shape index (κ1) is 12.9. The number of rotatable bonds is 7. The lowest BCUT2D eigenvalue weighted by atomic mass is 10.2. The first-order chi connectivity index (χ1) is 7.27. The van der Waals surface area contributed by atoms with Crippen LogP contribution in [0.3, 0.4) is 0 Å². The molecule has 0 aromatic heterocycles. The lowest BCUT2D eigenvalue weighted by Crippen LogP contribution is -2.39. The molecule has 0 radical (unpaired) electrons. The highest BCUT2D eigenvalue weighted by molar-refractivity contribution is 4.80. The minimum Gasteiger partial charge on any atom is -0.384 e. The van der Waals surface area contributed by atoms with Gasteiger partial charge in [-0.2, -0.15) is 0 Å². The van der Waals surface area contributed by atoms with Crippen molar-refractivity contribution < 1.29 is 4.74 Å². The zero-order valence-electron chi connectivity index (χ0n) is 10.5. The molecule has 0 bridgehead atoms. The molecule has 0 amide bonds. The van der Waals surface area contributed by atoms with Crippen LogP contribution < -0.4 is 5.32 Å². The third kappa shape index (κ3) is 4.49. The summed E-state index contributed by atoms with van der Waals surface area (Å²) in [7, 11) is 1.77. The Bertz CT molecular complexity index is 164. The number of nitrogens with zero attached hydrogens (tertiary/aromatic N) is 1. The second-order valence-corrected chi connectivity index (χ2v) is 4.64. The highest BCUT2D eigenvalue weighted by Gasteiger charge is 2.22. The topological polar surface area (TPSA) is 24.5 Å². The maximum absolute atomic E-state index is 5.12. The van der Waals surface area contributed by atoms with Gasteiger partial charge in [0.15, 0.2) is 0 Å². The molecule has 2 atom stereocenters. The Morgan fingerprint density at radius 3 is 3.00 bits per heavy atom. The number of hydrogen-bond acceptors (Lipinski definition) is 3. The molecule has 0 saturated carbocycles. The smallest absolute Gasteiger partial charge is 0.0499 e. The van der Waals surface area contributed by atoms with Crippen LogP contribution in [0.2, 0.25) is 0 Å². The summed E-state index contributed by atoms with van der Waals surface area (Å²) in [5, 5.41) is 3.55. The van der Waals surface area contributed by atoms with E-state index >= 15 is 0 Å². The standard InChI is InChI=1S/C12H26N2O/c1-4-14-7-5-6-12(14)9-13-8-11(2)10-15-3/h11-13H,4-10H2,1-3H3. The van der Waals surface area contributed by atoms with Crippen molar-refractivity contribution in [3.8, 4) is 0 Å². The van der Waals surface area contributed by atoms with Gasteiger partial charge in [0.1, 0.15) is 0 Å². The van der Waals surface area contributed by atoms with Gasteiger partial charge in [-0.25, -0.2) is 0 Å². The molecule has 0 aliphatic carbocycles. The fourth-order valence-corrected chi connectivity index (χ4v) is 2.38. The third-order valence-corrected chi connectivity index (χ3v) is 3.23. The number of nitrogens with one attached hydrogen (secondary N) is 1. The summed E-state index contributed by atoms with van der Waals surface area (Å²) in [6.45, 7) is 10.0. The van der Waals surface area contributed by atoms with Gasteiger partial charge in [0.2, 0.25) is 0 Å². The Balaban J connectivity index is 2.08. The van der Waals surface area contributed by atoms with Crippen molar-refractivity contribution in [2.45, 2.75) is 32.7 Å². The van der Waals surface area contributed by atoms with Gasteiger partial charge in [0.05, 0.1) is 0 Å². The van der Waals surface area contributed by atoms with E-state index in [9.17, 15) is 0 Å². The van der Waals surface area contributed by atoms with Crippen LogP contribution in [0.25, 0.3) is 0 Å². The van der Waals surface area contributed by atoms with E-state index in [-0.39, 0.29) is 0 Å². The molecule has 1 N–H and O–H groups in total. The van der Waals surface area contributed by atoms with E-state index in [1.54, 1.807) is 7.11 Å². The molecule has 0 aromatic carbocycles. The van der Waals surface area contributed by atoms with Gasteiger partial charge < -0.3 is 10.1 Å². The molecule has 3 heteroatoms. The van der Waals surface area contributed by atoms with Crippen molar-refractivity contribution in [1.82, 2.24) is 10.2 Å². The first-order valence-corrected chi connectivity index (χ1v) is 6.21. The third-order valence-electron chi connectivity index (χ3n) is 3.23. The average molecular weight is 214 g/mol. The van der Waals surface area contributed by atoms with Crippen LogP contribution in [0.1, 0.15) is 26.7 Å². The average Bonchev–Trinajstić information content (AvgIpc) is 2.66. The van der Waals surface area contributed by atoms with Gasteiger partial charge >= 0.3 is 0 Å². The number of likely N-dealkylation sites (N-methyl/N-ethyl adjacent to an activating group) is 1. The van der Waals surface area contributed by atoms with Crippen molar-refractivity contribution in [1.29, 1.82) is 0 Å². The lowest BCUT2D eigenvalue weighted by Gasteiger charge is -2.23. The molecule has 3 nitrogen and oxygen atoms in total. The molecule has 1 fully saturated rings. The van der Waals surface area contributed by atoms with Crippen LogP contribution in [0.5, 0.6) is 0 Å². The molecule has 1 aliphatic rings. The largest absolute Gasteiger partial charge is 0.384 e. The predicted octanol–water partition coefficient (Wildman–Crippen LogP) is 1.34. The van der Waals surface area contributed by atoms with Crippen LogP contribution in [-0.4, -0.2) is 50.8 Å². The summed E-state index contributed by atoms with van der Waals surface area (Å²) in [5.41, 5.74) is 0. The SMILES string of the molecule is CCN1CCCC1CNCC(C)COC. The van der Waals surface area contributed by atoms with Crippen molar-refractivity contribution in [3.05, 3.63) is 0 Å². The Morgan fingerprint density at radius 1 is 1.53 bits per heavy atom. The highest BCUT2D eigenvalue weighted by Crippen LogP contribution is 2.15. The Kier molecular flexibility index (Phi) is 6.22. The van der Waals surface area contributed by atoms with E-state index in [1.165, 1.54) is 25.9 Å². The Hall–Kier alpha value is -0.120. The number of methoxy groups -OCH3 is 1. The molecule has 1 saturated heterocycles. The quantitative estimate of drug-likeness (QED) is 0.692. The maximum atomic E-state index is 5.12. The van der Waals surface area contributed by atoms with Gasteiger partial charge in [-0.05, 0) is 38.4 Å². The summed E-state index contributed by atoms with van der Waals surface area (Å²) in [6, 6.07) is 0.768. The number of hydrogen-bond donors (Lipinski definition) is 1. The molecule has 1 rings (SSSR count). The van der Waals surface area contributed by atoms with Gasteiger partial charge in [-0.1, -0.05) is 13.8 Å². The monoisotopic (exact) mass is 214 g/mol. The van der Waals surface area contributed by atoms with Gasteiger partial charge in [0.25, 0.3) is 0 Å². The normalized spacial score (nSPS) is 24.6. The molecule has 1 heterocycles. The van der Waals surface area contributed by atoms with E-state index < -0.39 is 0 Å². The van der Waals surface area contributed by atoms with Gasteiger partial charge in [-0.3, -0.25) is 4.90 Å². The van der Waals surface area contributed by atoms with Gasteiger partial charge in [0, 0.05) is 26.3 Å². The molecule has 90 valence electrons. The van der Waals surface area contributed by atoms with Crippen LogP contribution in [0, 0.1) is 5.92 Å². The van der Waals surface area contributed by atoms with E-state index in [0.29, 0.717) is 5.92 Å². The molecular weight excluding hydrogens is 188 g/mol. The van der Waals surface area contributed by atoms with Crippen molar-refractivity contribution >= 4 is 0 Å². The van der Waals surface area contributed by atoms with Crippen LogP contribution in [0.15, 0.2) is 0 Å². The molecule has 2 unspecified atom stereocenters. The van der Waals surface area contributed by atoms with E-state index in [2.05, 4.69) is 24.1 Å². The molecule has 0 aromatic rings. The molecular formula is C12H26N2O. The summed E-state index contributed by atoms with van der Waals surface area (Å²) in [6.07, 6.45) is 2.73. The van der Waals surface area contributed by atoms with Crippen LogP contribution in [0.4, 0.5) is 0 Å². The maximum Gasteiger partial charge on any atom is 0.0499 e. The van der Waals surface area contributed by atoms with Crippen molar-refractivity contribution in [2.75, 3.05) is 39.9 Å². The van der Waals surface area contributed by atoms with Crippen molar-refractivity contribution in [3.63, 3.8) is 0 Å². The Labute approximate surface area is 94.2 Å². The van der Waals surface area contributed by atoms with E-state index in [4.69, 9.17) is 4.74 Å². The first-order valence-electron chi connectivity index (χ1n) is 6.21. The summed E-state index contributed by atoms with van der Waals surface area (Å²) >= 11 is 0.